The van der Waals surface area contributed by atoms with Crippen LogP contribution < -0.4 is 0 Å². The summed E-state index contributed by atoms with van der Waals surface area (Å²) in [7, 11) is 0. The molecule has 0 nitrogen and oxygen atoms in total. The summed E-state index contributed by atoms with van der Waals surface area (Å²) in [6.45, 7) is 4.62. The zero-order valence-electron chi connectivity index (χ0n) is 13.9. The summed E-state index contributed by atoms with van der Waals surface area (Å²) in [5.41, 5.74) is 0. The Hall–Kier alpha value is 1.05. The lowest BCUT2D eigenvalue weighted by molar-refractivity contribution is 0.600. The smallest absolute Gasteiger partial charge is 0.0293 e. The molecule has 0 aromatic carbocycles. The van der Waals surface area contributed by atoms with Crippen LogP contribution in [0, 0.1) is 0 Å². The Kier molecular flexibility index (Phi) is 11.1. The number of thioether (sulfide) groups is 3. The van der Waals surface area contributed by atoms with E-state index in [1.54, 1.807) is 0 Å². The highest BCUT2D eigenvalue weighted by molar-refractivity contribution is 8.08. The van der Waals surface area contributed by atoms with Crippen LogP contribution in [0.2, 0.25) is 0 Å². The number of hydrogen-bond acceptors (Lipinski definition) is 3. The van der Waals surface area contributed by atoms with Gasteiger partial charge in [-0.15, -0.1) is 0 Å². The topological polar surface area (TPSA) is 0 Å². The maximum atomic E-state index is 2.34. The van der Waals surface area contributed by atoms with Gasteiger partial charge in [0.25, 0.3) is 0 Å². The van der Waals surface area contributed by atoms with Crippen molar-refractivity contribution in [2.24, 2.45) is 0 Å². The van der Waals surface area contributed by atoms with Gasteiger partial charge in [0.15, 0.2) is 0 Å². The molecule has 1 fully saturated rings. The van der Waals surface area contributed by atoms with Gasteiger partial charge in [0.2, 0.25) is 0 Å². The number of rotatable bonds is 11. The van der Waals surface area contributed by atoms with Gasteiger partial charge in [-0.1, -0.05) is 58.8 Å². The van der Waals surface area contributed by atoms with Gasteiger partial charge in [0.05, 0.1) is 0 Å². The van der Waals surface area contributed by atoms with E-state index in [-0.39, 0.29) is 0 Å². The van der Waals surface area contributed by atoms with Gasteiger partial charge in [-0.05, 0) is 25.4 Å². The molecule has 20 heavy (non-hydrogen) atoms. The zero-order valence-corrected chi connectivity index (χ0v) is 16.3. The third-order valence-electron chi connectivity index (χ3n) is 4.38. The largest absolute Gasteiger partial charge is 0.160 e. The van der Waals surface area contributed by atoms with Gasteiger partial charge in [-0.2, -0.15) is 35.3 Å². The van der Waals surface area contributed by atoms with Crippen molar-refractivity contribution >= 4 is 35.3 Å². The summed E-state index contributed by atoms with van der Waals surface area (Å²) >= 11 is 6.62. The van der Waals surface area contributed by atoms with Gasteiger partial charge in [-0.25, -0.2) is 0 Å². The van der Waals surface area contributed by atoms with Crippen LogP contribution in [0.25, 0.3) is 0 Å². The Morgan fingerprint density at radius 3 is 1.60 bits per heavy atom. The van der Waals surface area contributed by atoms with Crippen molar-refractivity contribution in [1.29, 1.82) is 0 Å². The van der Waals surface area contributed by atoms with Gasteiger partial charge < -0.3 is 0 Å². The molecule has 1 aliphatic heterocycles. The summed E-state index contributed by atoms with van der Waals surface area (Å²) in [5.74, 6) is 0. The molecule has 0 bridgehead atoms. The molecule has 0 aromatic heterocycles. The van der Waals surface area contributed by atoms with Crippen LogP contribution in [0.3, 0.4) is 0 Å². The second-order valence-electron chi connectivity index (χ2n) is 5.96. The van der Waals surface area contributed by atoms with E-state index in [1.807, 2.05) is 0 Å². The maximum absolute atomic E-state index is 2.34. The van der Waals surface area contributed by atoms with E-state index in [2.05, 4.69) is 61.6 Å². The molecule has 0 spiro atoms. The molecule has 0 amide bonds. The molecule has 1 aliphatic rings. The molecule has 0 radical (unpaired) electrons. The van der Waals surface area contributed by atoms with E-state index in [0.717, 1.165) is 21.0 Å². The summed E-state index contributed by atoms with van der Waals surface area (Å²) in [6, 6.07) is 0. The van der Waals surface area contributed by atoms with E-state index in [9.17, 15) is 0 Å². The highest BCUT2D eigenvalue weighted by Gasteiger charge is 2.42. The minimum Gasteiger partial charge on any atom is -0.160 e. The van der Waals surface area contributed by atoms with Crippen LogP contribution in [-0.2, 0) is 0 Å². The van der Waals surface area contributed by atoms with E-state index < -0.39 is 0 Å². The first-order valence-corrected chi connectivity index (χ1v) is 12.0. The lowest BCUT2D eigenvalue weighted by Crippen LogP contribution is -2.27. The Bertz CT molecular complexity index is 232. The first-order valence-electron chi connectivity index (χ1n) is 8.49. The summed E-state index contributed by atoms with van der Waals surface area (Å²) in [6.07, 6.45) is 17.5. The quantitative estimate of drug-likeness (QED) is 0.397. The first kappa shape index (κ1) is 19.1. The van der Waals surface area contributed by atoms with Crippen LogP contribution in [-0.4, -0.2) is 33.5 Å². The fraction of sp³-hybridized carbons (Fsp3) is 1.00. The minimum atomic E-state index is 0.892. The van der Waals surface area contributed by atoms with Crippen LogP contribution in [0.1, 0.15) is 71.6 Å². The Morgan fingerprint density at radius 1 is 0.700 bits per heavy atom. The lowest BCUT2D eigenvalue weighted by Gasteiger charge is -2.22. The van der Waals surface area contributed by atoms with E-state index >= 15 is 0 Å². The third kappa shape index (κ3) is 6.04. The molecule has 0 aromatic rings. The fourth-order valence-corrected chi connectivity index (χ4v) is 8.62. The Morgan fingerprint density at radius 2 is 1.15 bits per heavy atom. The molecule has 1 saturated heterocycles. The molecule has 0 aliphatic carbocycles. The zero-order chi connectivity index (χ0) is 14.8. The summed E-state index contributed by atoms with van der Waals surface area (Å²) < 4.78 is 0. The second kappa shape index (κ2) is 11.6. The monoisotopic (exact) mass is 334 g/mol. The lowest BCUT2D eigenvalue weighted by atomic mass is 10.0. The van der Waals surface area contributed by atoms with Crippen LogP contribution >= 0.6 is 35.3 Å². The van der Waals surface area contributed by atoms with E-state index in [0.29, 0.717) is 0 Å². The molecular weight excluding hydrogens is 300 g/mol. The molecule has 3 heteroatoms. The van der Waals surface area contributed by atoms with Gasteiger partial charge >= 0.3 is 0 Å². The third-order valence-corrected chi connectivity index (χ3v) is 8.99. The van der Waals surface area contributed by atoms with Crippen molar-refractivity contribution < 1.29 is 0 Å². The minimum absolute atomic E-state index is 0.892. The Balaban J connectivity index is 2.44. The van der Waals surface area contributed by atoms with Crippen LogP contribution in [0.4, 0.5) is 0 Å². The standard InChI is InChI=1S/C17H34S3/c1-5-7-9-11-13-15-17(19-4)16(18-3)14(20-15)12-10-8-6-2/h14-17H,5-13H2,1-4H3. The van der Waals surface area contributed by atoms with Crippen molar-refractivity contribution in [2.45, 2.75) is 92.6 Å². The van der Waals surface area contributed by atoms with Crippen molar-refractivity contribution in [3.05, 3.63) is 0 Å². The van der Waals surface area contributed by atoms with Gasteiger partial charge in [0, 0.05) is 21.0 Å². The number of hydrogen-bond donors (Lipinski definition) is 0. The van der Waals surface area contributed by atoms with Crippen molar-refractivity contribution in [3.63, 3.8) is 0 Å². The van der Waals surface area contributed by atoms with Crippen molar-refractivity contribution in [1.82, 2.24) is 0 Å². The van der Waals surface area contributed by atoms with Gasteiger partial charge in [0.1, 0.15) is 0 Å². The summed E-state index contributed by atoms with van der Waals surface area (Å²) in [4.78, 5) is 0. The SMILES string of the molecule is CCCCCCC1SC(CCCCC)C(SC)C1SC. The fourth-order valence-electron chi connectivity index (χ4n) is 3.21. The molecular formula is C17H34S3. The van der Waals surface area contributed by atoms with Crippen molar-refractivity contribution in [2.75, 3.05) is 12.5 Å². The average molecular weight is 335 g/mol. The molecule has 120 valence electrons. The Labute approximate surface area is 140 Å². The molecule has 4 atom stereocenters. The maximum Gasteiger partial charge on any atom is 0.0293 e. The highest BCUT2D eigenvalue weighted by Crippen LogP contribution is 2.48. The number of unbranched alkanes of at least 4 members (excludes halogenated alkanes) is 5. The normalized spacial score (nSPS) is 30.0. The van der Waals surface area contributed by atoms with Crippen LogP contribution in [0.5, 0.6) is 0 Å². The second-order valence-corrected chi connectivity index (χ2v) is 9.47. The first-order chi connectivity index (χ1) is 9.78. The van der Waals surface area contributed by atoms with E-state index in [4.69, 9.17) is 0 Å². The van der Waals surface area contributed by atoms with Crippen LogP contribution in [0.15, 0.2) is 0 Å². The predicted octanol–water partition coefficient (Wildman–Crippen LogP) is 6.48. The molecule has 0 saturated carbocycles. The van der Waals surface area contributed by atoms with Gasteiger partial charge in [-0.3, -0.25) is 0 Å². The molecule has 1 rings (SSSR count). The molecule has 0 N–H and O–H groups in total. The van der Waals surface area contributed by atoms with Crippen molar-refractivity contribution in [3.8, 4) is 0 Å². The average Bonchev–Trinajstić information content (AvgIpc) is 2.80. The predicted molar refractivity (Wildman–Crippen MR) is 103 cm³/mol. The summed E-state index contributed by atoms with van der Waals surface area (Å²) in [5, 5.41) is 3.63. The highest BCUT2D eigenvalue weighted by atomic mass is 32.2. The molecule has 4 unspecified atom stereocenters. The molecule has 1 heterocycles. The van der Waals surface area contributed by atoms with E-state index in [1.165, 1.54) is 57.8 Å².